The van der Waals surface area contributed by atoms with E-state index in [2.05, 4.69) is 28.9 Å². The topological polar surface area (TPSA) is 88.4 Å². The lowest BCUT2D eigenvalue weighted by Crippen LogP contribution is -2.25. The molecular formula is C10H20N4O2. The first-order valence-electron chi connectivity index (χ1n) is 5.62. The summed E-state index contributed by atoms with van der Waals surface area (Å²) in [6.07, 6.45) is 0.739. The van der Waals surface area contributed by atoms with Crippen LogP contribution in [0.5, 0.6) is 0 Å². The molecule has 1 aromatic heterocycles. The van der Waals surface area contributed by atoms with Crippen LogP contribution in [-0.4, -0.2) is 46.4 Å². The number of rotatable bonds is 7. The van der Waals surface area contributed by atoms with Crippen molar-refractivity contribution in [3.63, 3.8) is 0 Å². The smallest absolute Gasteiger partial charge is 0.245 e. The van der Waals surface area contributed by atoms with Gasteiger partial charge in [-0.25, -0.2) is 0 Å². The SMILES string of the molecule is CCN(CC)CCc1noc([C@H](N)CO)n1. The second kappa shape index (κ2) is 6.57. The molecule has 0 amide bonds. The van der Waals surface area contributed by atoms with Crippen molar-refractivity contribution in [3.05, 3.63) is 11.7 Å². The minimum absolute atomic E-state index is 0.183. The zero-order valence-electron chi connectivity index (χ0n) is 9.89. The summed E-state index contributed by atoms with van der Waals surface area (Å²) in [5, 5.41) is 12.7. The molecule has 0 bridgehead atoms. The van der Waals surface area contributed by atoms with E-state index in [1.54, 1.807) is 0 Å². The van der Waals surface area contributed by atoms with E-state index in [-0.39, 0.29) is 6.61 Å². The highest BCUT2D eigenvalue weighted by atomic mass is 16.5. The summed E-state index contributed by atoms with van der Waals surface area (Å²) in [7, 11) is 0. The standard InChI is InChI=1S/C10H20N4O2/c1-3-14(4-2)6-5-9-12-10(16-13-9)8(11)7-15/h8,15H,3-7,11H2,1-2H3/t8-/m1/s1. The summed E-state index contributed by atoms with van der Waals surface area (Å²) in [5.74, 6) is 0.947. The van der Waals surface area contributed by atoms with Crippen LogP contribution in [0.25, 0.3) is 0 Å². The maximum atomic E-state index is 8.83. The summed E-state index contributed by atoms with van der Waals surface area (Å²) in [4.78, 5) is 6.41. The van der Waals surface area contributed by atoms with Crippen molar-refractivity contribution in [2.24, 2.45) is 5.73 Å². The lowest BCUT2D eigenvalue weighted by atomic mass is 10.3. The van der Waals surface area contributed by atoms with E-state index in [0.29, 0.717) is 11.7 Å². The molecule has 0 aromatic carbocycles. The van der Waals surface area contributed by atoms with Crippen LogP contribution in [0.2, 0.25) is 0 Å². The van der Waals surface area contributed by atoms with Crippen molar-refractivity contribution in [2.45, 2.75) is 26.3 Å². The largest absolute Gasteiger partial charge is 0.394 e. The number of likely N-dealkylation sites (N-methyl/N-ethyl adjacent to an activating group) is 1. The van der Waals surface area contributed by atoms with E-state index in [1.165, 1.54) is 0 Å². The van der Waals surface area contributed by atoms with Gasteiger partial charge in [0, 0.05) is 13.0 Å². The van der Waals surface area contributed by atoms with Crippen LogP contribution in [0.1, 0.15) is 31.6 Å². The first kappa shape index (κ1) is 13.1. The van der Waals surface area contributed by atoms with Crippen molar-refractivity contribution >= 4 is 0 Å². The molecule has 1 rings (SSSR count). The Morgan fingerprint density at radius 3 is 2.69 bits per heavy atom. The Kier molecular flexibility index (Phi) is 5.37. The number of aliphatic hydroxyl groups is 1. The molecule has 3 N–H and O–H groups in total. The fourth-order valence-electron chi connectivity index (χ4n) is 1.40. The van der Waals surface area contributed by atoms with Crippen LogP contribution >= 0.6 is 0 Å². The van der Waals surface area contributed by atoms with Gasteiger partial charge in [0.15, 0.2) is 5.82 Å². The highest BCUT2D eigenvalue weighted by Gasteiger charge is 2.13. The predicted molar refractivity (Wildman–Crippen MR) is 59.8 cm³/mol. The van der Waals surface area contributed by atoms with Gasteiger partial charge in [-0.3, -0.25) is 0 Å². The molecule has 0 fully saturated rings. The summed E-state index contributed by atoms with van der Waals surface area (Å²) < 4.78 is 4.95. The van der Waals surface area contributed by atoms with Crippen molar-refractivity contribution in [3.8, 4) is 0 Å². The Labute approximate surface area is 95.4 Å². The molecule has 6 nitrogen and oxygen atoms in total. The van der Waals surface area contributed by atoms with E-state index in [4.69, 9.17) is 15.4 Å². The third-order valence-corrected chi connectivity index (χ3v) is 2.54. The van der Waals surface area contributed by atoms with E-state index >= 15 is 0 Å². The van der Waals surface area contributed by atoms with Crippen molar-refractivity contribution < 1.29 is 9.63 Å². The minimum atomic E-state index is -0.574. The molecule has 0 aliphatic heterocycles. The van der Waals surface area contributed by atoms with Crippen LogP contribution in [-0.2, 0) is 6.42 Å². The van der Waals surface area contributed by atoms with Gasteiger partial charge < -0.3 is 20.3 Å². The third-order valence-electron chi connectivity index (χ3n) is 2.54. The van der Waals surface area contributed by atoms with Gasteiger partial charge in [-0.2, -0.15) is 4.98 Å². The average Bonchev–Trinajstić information content (AvgIpc) is 2.78. The Hall–Kier alpha value is -0.980. The van der Waals surface area contributed by atoms with Crippen LogP contribution in [0.3, 0.4) is 0 Å². The van der Waals surface area contributed by atoms with Crippen molar-refractivity contribution in [2.75, 3.05) is 26.2 Å². The molecule has 92 valence electrons. The highest BCUT2D eigenvalue weighted by Crippen LogP contribution is 2.07. The van der Waals surface area contributed by atoms with Gasteiger partial charge in [0.05, 0.1) is 6.61 Å². The van der Waals surface area contributed by atoms with Gasteiger partial charge in [-0.05, 0) is 13.1 Å². The first-order valence-corrected chi connectivity index (χ1v) is 5.62. The maximum Gasteiger partial charge on any atom is 0.245 e. The Bertz CT molecular complexity index is 299. The van der Waals surface area contributed by atoms with Gasteiger partial charge in [-0.15, -0.1) is 0 Å². The van der Waals surface area contributed by atoms with Gasteiger partial charge in [0.1, 0.15) is 6.04 Å². The van der Waals surface area contributed by atoms with E-state index in [1.807, 2.05) is 0 Å². The Morgan fingerprint density at radius 2 is 2.12 bits per heavy atom. The first-order chi connectivity index (χ1) is 7.71. The number of nitrogens with zero attached hydrogens (tertiary/aromatic N) is 3. The molecule has 1 aromatic rings. The summed E-state index contributed by atoms with van der Waals surface area (Å²) >= 11 is 0. The Balaban J connectivity index is 2.46. The fraction of sp³-hybridized carbons (Fsp3) is 0.800. The third kappa shape index (κ3) is 3.55. The molecular weight excluding hydrogens is 208 g/mol. The monoisotopic (exact) mass is 228 g/mol. The summed E-state index contributed by atoms with van der Waals surface area (Å²) in [5.41, 5.74) is 5.56. The molecule has 0 radical (unpaired) electrons. The molecule has 0 spiro atoms. The summed E-state index contributed by atoms with van der Waals surface area (Å²) in [6, 6.07) is -0.574. The zero-order chi connectivity index (χ0) is 12.0. The molecule has 0 saturated heterocycles. The van der Waals surface area contributed by atoms with Crippen LogP contribution in [0.4, 0.5) is 0 Å². The molecule has 1 atom stereocenters. The zero-order valence-corrected chi connectivity index (χ0v) is 9.89. The second-order valence-corrected chi connectivity index (χ2v) is 3.61. The van der Waals surface area contributed by atoms with E-state index in [9.17, 15) is 0 Å². The van der Waals surface area contributed by atoms with Crippen LogP contribution < -0.4 is 5.73 Å². The van der Waals surface area contributed by atoms with Crippen LogP contribution in [0, 0.1) is 0 Å². The fourth-order valence-corrected chi connectivity index (χ4v) is 1.40. The number of aliphatic hydroxyl groups excluding tert-OH is 1. The number of hydrogen-bond donors (Lipinski definition) is 2. The van der Waals surface area contributed by atoms with Crippen molar-refractivity contribution in [1.82, 2.24) is 15.0 Å². The van der Waals surface area contributed by atoms with Gasteiger partial charge in [0.25, 0.3) is 0 Å². The molecule has 0 aliphatic carbocycles. The van der Waals surface area contributed by atoms with Gasteiger partial charge in [0.2, 0.25) is 5.89 Å². The lowest BCUT2D eigenvalue weighted by Gasteiger charge is -2.16. The lowest BCUT2D eigenvalue weighted by molar-refractivity contribution is 0.236. The van der Waals surface area contributed by atoms with Crippen molar-refractivity contribution in [1.29, 1.82) is 0 Å². The maximum absolute atomic E-state index is 8.83. The predicted octanol–water partition coefficient (Wildman–Crippen LogP) is -0.0540. The molecule has 6 heteroatoms. The van der Waals surface area contributed by atoms with Gasteiger partial charge >= 0.3 is 0 Å². The van der Waals surface area contributed by atoms with Crippen LogP contribution in [0.15, 0.2) is 4.52 Å². The molecule has 16 heavy (non-hydrogen) atoms. The number of nitrogens with two attached hydrogens (primary N) is 1. The second-order valence-electron chi connectivity index (χ2n) is 3.61. The highest BCUT2D eigenvalue weighted by molar-refractivity contribution is 4.92. The van der Waals surface area contributed by atoms with E-state index < -0.39 is 6.04 Å². The minimum Gasteiger partial charge on any atom is -0.394 e. The summed E-state index contributed by atoms with van der Waals surface area (Å²) in [6.45, 7) is 6.98. The van der Waals surface area contributed by atoms with E-state index in [0.717, 1.165) is 26.1 Å². The molecule has 0 saturated carbocycles. The Morgan fingerprint density at radius 1 is 1.44 bits per heavy atom. The quantitative estimate of drug-likeness (QED) is 0.680. The van der Waals surface area contributed by atoms with Gasteiger partial charge in [-0.1, -0.05) is 19.0 Å². The number of hydrogen-bond acceptors (Lipinski definition) is 6. The molecule has 0 aliphatic rings. The molecule has 1 heterocycles. The average molecular weight is 228 g/mol. The molecule has 0 unspecified atom stereocenters. The number of aromatic nitrogens is 2. The normalized spacial score (nSPS) is 13.3.